The summed E-state index contributed by atoms with van der Waals surface area (Å²) >= 11 is 7.84. The van der Waals surface area contributed by atoms with Gasteiger partial charge < -0.3 is 14.0 Å². The predicted molar refractivity (Wildman–Crippen MR) is 103 cm³/mol. The second-order valence-electron chi connectivity index (χ2n) is 6.29. The average Bonchev–Trinajstić information content (AvgIpc) is 3.34. The van der Waals surface area contributed by atoms with Crippen molar-refractivity contribution in [3.63, 3.8) is 0 Å². The van der Waals surface area contributed by atoms with Crippen molar-refractivity contribution in [3.8, 4) is 10.6 Å². The number of halogens is 1. The van der Waals surface area contributed by atoms with E-state index < -0.39 is 0 Å². The molecule has 1 aliphatic rings. The molecule has 136 valence electrons. The lowest BCUT2D eigenvalue weighted by Crippen LogP contribution is -2.06. The van der Waals surface area contributed by atoms with Crippen LogP contribution in [-0.2, 0) is 9.47 Å². The SMILES string of the molecule is CCOC(=O)c1sc(-c2ccc3c(c2)c(Cl)cn3C2CCOC2)nc1C. The zero-order chi connectivity index (χ0) is 18.3. The lowest BCUT2D eigenvalue weighted by Gasteiger charge is -2.11. The molecular formula is C19H19ClN2O3S. The van der Waals surface area contributed by atoms with E-state index in [1.54, 1.807) is 6.92 Å². The fourth-order valence-electron chi connectivity index (χ4n) is 3.30. The average molecular weight is 391 g/mol. The van der Waals surface area contributed by atoms with E-state index in [4.69, 9.17) is 21.1 Å². The normalized spacial score (nSPS) is 17.1. The molecule has 0 radical (unpaired) electrons. The van der Waals surface area contributed by atoms with Crippen LogP contribution in [-0.4, -0.2) is 35.3 Å². The molecule has 0 spiro atoms. The molecule has 1 aliphatic heterocycles. The number of benzene rings is 1. The first-order valence-corrected chi connectivity index (χ1v) is 9.80. The lowest BCUT2D eigenvalue weighted by atomic mass is 10.1. The third-order valence-electron chi connectivity index (χ3n) is 4.59. The molecule has 0 amide bonds. The van der Waals surface area contributed by atoms with Crippen molar-refractivity contribution in [1.82, 2.24) is 9.55 Å². The van der Waals surface area contributed by atoms with Gasteiger partial charge in [0.15, 0.2) is 0 Å². The van der Waals surface area contributed by atoms with Crippen molar-refractivity contribution in [2.75, 3.05) is 19.8 Å². The molecule has 0 N–H and O–H groups in total. The maximum absolute atomic E-state index is 12.0. The number of aromatic nitrogens is 2. The number of aryl methyl sites for hydroxylation is 1. The zero-order valence-corrected chi connectivity index (χ0v) is 16.2. The quantitative estimate of drug-likeness (QED) is 0.596. The Morgan fingerprint density at radius 3 is 3.08 bits per heavy atom. The van der Waals surface area contributed by atoms with Crippen LogP contribution in [0.25, 0.3) is 21.5 Å². The number of hydrogen-bond donors (Lipinski definition) is 0. The maximum Gasteiger partial charge on any atom is 0.350 e. The number of thiazole rings is 1. The zero-order valence-electron chi connectivity index (χ0n) is 14.6. The van der Waals surface area contributed by atoms with Crippen LogP contribution in [0.5, 0.6) is 0 Å². The second-order valence-corrected chi connectivity index (χ2v) is 7.69. The maximum atomic E-state index is 12.0. The first-order valence-electron chi connectivity index (χ1n) is 8.61. The minimum absolute atomic E-state index is 0.319. The highest BCUT2D eigenvalue weighted by Crippen LogP contribution is 2.36. The van der Waals surface area contributed by atoms with E-state index in [9.17, 15) is 4.79 Å². The minimum Gasteiger partial charge on any atom is -0.462 e. The molecule has 26 heavy (non-hydrogen) atoms. The van der Waals surface area contributed by atoms with Crippen LogP contribution >= 0.6 is 22.9 Å². The minimum atomic E-state index is -0.319. The van der Waals surface area contributed by atoms with Gasteiger partial charge in [0, 0.05) is 29.3 Å². The lowest BCUT2D eigenvalue weighted by molar-refractivity contribution is 0.0531. The van der Waals surface area contributed by atoms with Crippen LogP contribution in [0.3, 0.4) is 0 Å². The monoisotopic (exact) mass is 390 g/mol. The Labute approximate surface area is 160 Å². The molecule has 3 heterocycles. The van der Waals surface area contributed by atoms with Gasteiger partial charge in [-0.1, -0.05) is 11.6 Å². The summed E-state index contributed by atoms with van der Waals surface area (Å²) in [5.41, 5.74) is 2.73. The van der Waals surface area contributed by atoms with Crippen molar-refractivity contribution < 1.29 is 14.3 Å². The van der Waals surface area contributed by atoms with Crippen LogP contribution in [0, 0.1) is 6.92 Å². The Morgan fingerprint density at radius 1 is 1.50 bits per heavy atom. The largest absolute Gasteiger partial charge is 0.462 e. The highest BCUT2D eigenvalue weighted by Gasteiger charge is 2.22. The van der Waals surface area contributed by atoms with E-state index in [1.165, 1.54) is 11.3 Å². The first-order chi connectivity index (χ1) is 12.6. The van der Waals surface area contributed by atoms with Gasteiger partial charge in [0.2, 0.25) is 0 Å². The number of esters is 1. The fraction of sp³-hybridized carbons (Fsp3) is 0.368. The van der Waals surface area contributed by atoms with Crippen LogP contribution in [0.4, 0.5) is 0 Å². The van der Waals surface area contributed by atoms with Gasteiger partial charge in [-0.15, -0.1) is 11.3 Å². The predicted octanol–water partition coefficient (Wildman–Crippen LogP) is 4.86. The summed E-state index contributed by atoms with van der Waals surface area (Å²) in [5, 5.41) is 2.50. The van der Waals surface area contributed by atoms with Crippen molar-refractivity contribution in [1.29, 1.82) is 0 Å². The molecule has 0 saturated carbocycles. The van der Waals surface area contributed by atoms with Crippen molar-refractivity contribution in [3.05, 3.63) is 40.0 Å². The summed E-state index contributed by atoms with van der Waals surface area (Å²) in [6.45, 7) is 5.48. The fourth-order valence-corrected chi connectivity index (χ4v) is 4.51. The summed E-state index contributed by atoms with van der Waals surface area (Å²) < 4.78 is 12.8. The topological polar surface area (TPSA) is 53.4 Å². The molecule has 0 aliphatic carbocycles. The summed E-state index contributed by atoms with van der Waals surface area (Å²) in [6, 6.07) is 6.46. The second kappa shape index (κ2) is 7.02. The van der Waals surface area contributed by atoms with Gasteiger partial charge in [-0.3, -0.25) is 0 Å². The third kappa shape index (κ3) is 3.02. The van der Waals surface area contributed by atoms with Crippen LogP contribution in [0.1, 0.15) is 34.8 Å². The van der Waals surface area contributed by atoms with Crippen molar-refractivity contribution >= 4 is 39.8 Å². The van der Waals surface area contributed by atoms with Gasteiger partial charge in [-0.2, -0.15) is 0 Å². The van der Waals surface area contributed by atoms with Crippen LogP contribution in [0.15, 0.2) is 24.4 Å². The Hall–Kier alpha value is -1.89. The molecule has 1 saturated heterocycles. The molecule has 4 rings (SSSR count). The highest BCUT2D eigenvalue weighted by atomic mass is 35.5. The molecular weight excluding hydrogens is 372 g/mol. The number of rotatable bonds is 4. The van der Waals surface area contributed by atoms with Gasteiger partial charge in [0.25, 0.3) is 0 Å². The molecule has 1 atom stereocenters. The molecule has 0 bridgehead atoms. The Bertz CT molecular complexity index is 973. The van der Waals surface area contributed by atoms with E-state index in [-0.39, 0.29) is 5.97 Å². The Balaban J connectivity index is 1.73. The van der Waals surface area contributed by atoms with Gasteiger partial charge >= 0.3 is 5.97 Å². The first kappa shape index (κ1) is 17.5. The summed E-state index contributed by atoms with van der Waals surface area (Å²) in [5.74, 6) is -0.319. The summed E-state index contributed by atoms with van der Waals surface area (Å²) in [4.78, 5) is 17.1. The molecule has 7 heteroatoms. The van der Waals surface area contributed by atoms with Gasteiger partial charge in [-0.25, -0.2) is 9.78 Å². The van der Waals surface area contributed by atoms with Gasteiger partial charge in [0.05, 0.1) is 30.0 Å². The number of hydrogen-bond acceptors (Lipinski definition) is 5. The van der Waals surface area contributed by atoms with E-state index in [1.807, 2.05) is 25.3 Å². The standard InChI is InChI=1S/C19H19ClN2O3S/c1-3-25-19(23)17-11(2)21-18(26-17)12-4-5-16-14(8-12)15(20)9-22(16)13-6-7-24-10-13/h4-5,8-9,13H,3,6-7,10H2,1-2H3. The van der Waals surface area contributed by atoms with Crippen LogP contribution in [0.2, 0.25) is 5.02 Å². The van der Waals surface area contributed by atoms with Crippen LogP contribution < -0.4 is 0 Å². The molecule has 5 nitrogen and oxygen atoms in total. The van der Waals surface area contributed by atoms with Crippen molar-refractivity contribution in [2.24, 2.45) is 0 Å². The summed E-state index contributed by atoms with van der Waals surface area (Å²) in [6.07, 6.45) is 2.98. The molecule has 1 fully saturated rings. The van der Waals surface area contributed by atoms with Crippen molar-refractivity contribution in [2.45, 2.75) is 26.3 Å². The number of carbonyl (C=O) groups excluding carboxylic acids is 1. The highest BCUT2D eigenvalue weighted by molar-refractivity contribution is 7.17. The van der Waals surface area contributed by atoms with E-state index in [0.29, 0.717) is 28.2 Å². The molecule has 1 unspecified atom stereocenters. The summed E-state index contributed by atoms with van der Waals surface area (Å²) in [7, 11) is 0. The Morgan fingerprint density at radius 2 is 2.35 bits per heavy atom. The van der Waals surface area contributed by atoms with E-state index in [0.717, 1.165) is 41.1 Å². The van der Waals surface area contributed by atoms with Gasteiger partial charge in [0.1, 0.15) is 9.88 Å². The smallest absolute Gasteiger partial charge is 0.350 e. The number of carbonyl (C=O) groups is 1. The third-order valence-corrected chi connectivity index (χ3v) is 6.08. The van der Waals surface area contributed by atoms with Gasteiger partial charge in [-0.05, 0) is 38.5 Å². The van der Waals surface area contributed by atoms with E-state index >= 15 is 0 Å². The number of ether oxygens (including phenoxy) is 2. The van der Waals surface area contributed by atoms with E-state index in [2.05, 4.69) is 15.6 Å². The Kier molecular flexibility index (Phi) is 4.73. The number of nitrogens with zero attached hydrogens (tertiary/aromatic N) is 2. The number of fused-ring (bicyclic) bond motifs is 1. The molecule has 2 aromatic heterocycles. The molecule has 1 aromatic carbocycles. The molecule has 3 aromatic rings.